The van der Waals surface area contributed by atoms with Gasteiger partial charge in [-0.1, -0.05) is 39.5 Å². The number of nitrogens with zero attached hydrogens (tertiary/aromatic N) is 3. The zero-order valence-electron chi connectivity index (χ0n) is 13.3. The van der Waals surface area contributed by atoms with Gasteiger partial charge < -0.3 is 9.64 Å². The average molecular weight is 309 g/mol. The van der Waals surface area contributed by atoms with Gasteiger partial charge in [0.1, 0.15) is 5.82 Å². The fraction of sp³-hybridized carbons (Fsp3) is 0.875. The van der Waals surface area contributed by atoms with E-state index in [1.165, 1.54) is 38.5 Å². The van der Waals surface area contributed by atoms with E-state index in [-0.39, 0.29) is 5.60 Å². The molecule has 2 heterocycles. The standard InChI is InChI=1S/C16H27N3OS/c1-13(2)11-14-17-15(21-18-14)19-9-10-20-16(12-19)7-5-3-4-6-8-16/h13H,3-12H2,1-2H3. The van der Waals surface area contributed by atoms with Crippen molar-refractivity contribution in [3.8, 4) is 0 Å². The van der Waals surface area contributed by atoms with Gasteiger partial charge in [-0.3, -0.25) is 0 Å². The second-order valence-electron chi connectivity index (χ2n) is 6.96. The molecule has 1 aromatic heterocycles. The summed E-state index contributed by atoms with van der Waals surface area (Å²) in [6.07, 6.45) is 8.74. The van der Waals surface area contributed by atoms with Crippen LogP contribution >= 0.6 is 11.5 Å². The van der Waals surface area contributed by atoms with Gasteiger partial charge in [-0.15, -0.1) is 0 Å². The van der Waals surface area contributed by atoms with Crippen molar-refractivity contribution in [3.05, 3.63) is 5.82 Å². The normalized spacial score (nSPS) is 22.7. The lowest BCUT2D eigenvalue weighted by molar-refractivity contribution is -0.0652. The van der Waals surface area contributed by atoms with Gasteiger partial charge in [0.15, 0.2) is 0 Å². The molecule has 0 unspecified atom stereocenters. The van der Waals surface area contributed by atoms with Crippen molar-refractivity contribution >= 4 is 16.7 Å². The molecule has 0 radical (unpaired) electrons. The van der Waals surface area contributed by atoms with E-state index in [0.29, 0.717) is 5.92 Å². The fourth-order valence-electron chi connectivity index (χ4n) is 3.50. The van der Waals surface area contributed by atoms with E-state index < -0.39 is 0 Å². The van der Waals surface area contributed by atoms with E-state index in [4.69, 9.17) is 9.72 Å². The lowest BCUT2D eigenvalue weighted by Gasteiger charge is -2.42. The Morgan fingerprint density at radius 2 is 2.00 bits per heavy atom. The zero-order chi connectivity index (χ0) is 14.7. The molecule has 1 spiro atoms. The molecule has 0 aromatic carbocycles. The van der Waals surface area contributed by atoms with Crippen LogP contribution in [0.15, 0.2) is 0 Å². The van der Waals surface area contributed by atoms with Crippen LogP contribution in [0.3, 0.4) is 0 Å². The van der Waals surface area contributed by atoms with Gasteiger partial charge in [-0.2, -0.15) is 4.37 Å². The number of morpholine rings is 1. The van der Waals surface area contributed by atoms with Gasteiger partial charge >= 0.3 is 0 Å². The first kappa shape index (κ1) is 15.2. The first-order chi connectivity index (χ1) is 10.2. The van der Waals surface area contributed by atoms with Crippen LogP contribution in [0.5, 0.6) is 0 Å². The monoisotopic (exact) mass is 309 g/mol. The molecular weight excluding hydrogens is 282 g/mol. The molecule has 0 amide bonds. The molecule has 4 nitrogen and oxygen atoms in total. The highest BCUT2D eigenvalue weighted by atomic mass is 32.1. The van der Waals surface area contributed by atoms with Gasteiger partial charge in [-0.05, 0) is 18.8 Å². The molecule has 1 aliphatic heterocycles. The largest absolute Gasteiger partial charge is 0.371 e. The lowest BCUT2D eigenvalue weighted by Crippen LogP contribution is -2.51. The fourth-order valence-corrected chi connectivity index (χ4v) is 4.22. The van der Waals surface area contributed by atoms with Crippen molar-refractivity contribution in [2.75, 3.05) is 24.6 Å². The van der Waals surface area contributed by atoms with Gasteiger partial charge in [0.25, 0.3) is 0 Å². The summed E-state index contributed by atoms with van der Waals surface area (Å²) in [5.74, 6) is 1.62. The maximum atomic E-state index is 6.22. The molecule has 1 aromatic rings. The Morgan fingerprint density at radius 1 is 1.24 bits per heavy atom. The molecule has 2 fully saturated rings. The predicted molar refractivity (Wildman–Crippen MR) is 87.0 cm³/mol. The van der Waals surface area contributed by atoms with Crippen LogP contribution in [0.2, 0.25) is 0 Å². The van der Waals surface area contributed by atoms with Crippen LogP contribution in [0.25, 0.3) is 0 Å². The topological polar surface area (TPSA) is 38.2 Å². The minimum atomic E-state index is 0.0820. The minimum Gasteiger partial charge on any atom is -0.371 e. The zero-order valence-corrected chi connectivity index (χ0v) is 14.1. The third kappa shape index (κ3) is 3.75. The molecule has 1 saturated carbocycles. The van der Waals surface area contributed by atoms with Crippen LogP contribution in [0.1, 0.15) is 58.2 Å². The van der Waals surface area contributed by atoms with Crippen molar-refractivity contribution in [2.45, 2.75) is 64.4 Å². The highest BCUT2D eigenvalue weighted by Crippen LogP contribution is 2.35. The predicted octanol–water partition coefficient (Wildman–Crippen LogP) is 3.67. The SMILES string of the molecule is CC(C)Cc1nsc(N2CCOC3(CCCCCC3)C2)n1. The van der Waals surface area contributed by atoms with Crippen LogP contribution < -0.4 is 4.90 Å². The van der Waals surface area contributed by atoms with E-state index in [1.54, 1.807) is 11.5 Å². The highest BCUT2D eigenvalue weighted by Gasteiger charge is 2.37. The van der Waals surface area contributed by atoms with E-state index in [0.717, 1.165) is 37.1 Å². The highest BCUT2D eigenvalue weighted by molar-refractivity contribution is 7.09. The van der Waals surface area contributed by atoms with Crippen LogP contribution in [0, 0.1) is 5.92 Å². The molecule has 2 aliphatic rings. The summed E-state index contributed by atoms with van der Waals surface area (Å²) in [6.45, 7) is 7.23. The van der Waals surface area contributed by atoms with Crippen molar-refractivity contribution in [1.82, 2.24) is 9.36 Å². The number of hydrogen-bond acceptors (Lipinski definition) is 5. The van der Waals surface area contributed by atoms with Crippen molar-refractivity contribution < 1.29 is 4.74 Å². The molecule has 118 valence electrons. The smallest absolute Gasteiger partial charge is 0.205 e. The summed E-state index contributed by atoms with van der Waals surface area (Å²) >= 11 is 1.56. The van der Waals surface area contributed by atoms with Crippen molar-refractivity contribution in [1.29, 1.82) is 0 Å². The van der Waals surface area contributed by atoms with E-state index in [1.807, 2.05) is 0 Å². The Kier molecular flexibility index (Phi) is 4.79. The van der Waals surface area contributed by atoms with Gasteiger partial charge in [0, 0.05) is 31.0 Å². The molecule has 3 rings (SSSR count). The summed E-state index contributed by atoms with van der Waals surface area (Å²) in [4.78, 5) is 7.17. The molecule has 5 heteroatoms. The second kappa shape index (κ2) is 6.61. The van der Waals surface area contributed by atoms with E-state index in [2.05, 4.69) is 23.1 Å². The van der Waals surface area contributed by atoms with Crippen LogP contribution in [-0.4, -0.2) is 34.7 Å². The van der Waals surface area contributed by atoms with Gasteiger partial charge in [-0.25, -0.2) is 4.98 Å². The summed E-state index contributed by atoms with van der Waals surface area (Å²) < 4.78 is 10.8. The summed E-state index contributed by atoms with van der Waals surface area (Å²) in [5.41, 5.74) is 0.0820. The lowest BCUT2D eigenvalue weighted by atomic mass is 9.92. The maximum absolute atomic E-state index is 6.22. The summed E-state index contributed by atoms with van der Waals surface area (Å²) in [6, 6.07) is 0. The number of aromatic nitrogens is 2. The Hall–Kier alpha value is -0.680. The molecule has 1 aliphatic carbocycles. The summed E-state index contributed by atoms with van der Waals surface area (Å²) in [5, 5.41) is 1.09. The van der Waals surface area contributed by atoms with Gasteiger partial charge in [0.2, 0.25) is 5.13 Å². The quantitative estimate of drug-likeness (QED) is 0.854. The second-order valence-corrected chi connectivity index (χ2v) is 7.69. The number of ether oxygens (including phenoxy) is 1. The van der Waals surface area contributed by atoms with Crippen LogP contribution in [0.4, 0.5) is 5.13 Å². The first-order valence-corrected chi connectivity index (χ1v) is 9.16. The van der Waals surface area contributed by atoms with Crippen molar-refractivity contribution in [3.63, 3.8) is 0 Å². The van der Waals surface area contributed by atoms with E-state index in [9.17, 15) is 0 Å². The first-order valence-electron chi connectivity index (χ1n) is 8.38. The Morgan fingerprint density at radius 3 is 2.71 bits per heavy atom. The Bertz CT molecular complexity index is 452. The van der Waals surface area contributed by atoms with Crippen molar-refractivity contribution in [2.24, 2.45) is 5.92 Å². The maximum Gasteiger partial charge on any atom is 0.205 e. The van der Waals surface area contributed by atoms with Gasteiger partial charge in [0.05, 0.1) is 12.2 Å². The van der Waals surface area contributed by atoms with Crippen LogP contribution in [-0.2, 0) is 11.2 Å². The summed E-state index contributed by atoms with van der Waals surface area (Å²) in [7, 11) is 0. The average Bonchev–Trinajstić information content (AvgIpc) is 2.80. The third-order valence-corrected chi connectivity index (χ3v) is 5.40. The Labute approximate surface area is 132 Å². The third-order valence-electron chi connectivity index (χ3n) is 4.58. The molecule has 1 saturated heterocycles. The molecule has 0 N–H and O–H groups in total. The number of rotatable bonds is 3. The molecule has 21 heavy (non-hydrogen) atoms. The number of hydrogen-bond donors (Lipinski definition) is 0. The molecule has 0 atom stereocenters. The molecule has 0 bridgehead atoms. The minimum absolute atomic E-state index is 0.0820. The number of anilines is 1. The van der Waals surface area contributed by atoms with E-state index >= 15 is 0 Å². The molecular formula is C16H27N3OS. The Balaban J connectivity index is 1.69.